The van der Waals surface area contributed by atoms with Crippen molar-refractivity contribution in [1.82, 2.24) is 0 Å². The quantitative estimate of drug-likeness (QED) is 0.687. The molecule has 5 nitrogen and oxygen atoms in total. The van der Waals surface area contributed by atoms with Gasteiger partial charge in [0, 0.05) is 22.7 Å². The van der Waals surface area contributed by atoms with Crippen LogP contribution in [0.4, 0.5) is 11.4 Å². The van der Waals surface area contributed by atoms with E-state index in [1.165, 1.54) is 12.1 Å². The van der Waals surface area contributed by atoms with Crippen molar-refractivity contribution in [3.8, 4) is 0 Å². The summed E-state index contributed by atoms with van der Waals surface area (Å²) in [5, 5.41) is 4.01. The normalized spacial score (nSPS) is 16.4. The third-order valence-corrected chi connectivity index (χ3v) is 6.04. The number of fused-ring (bicyclic) bond motifs is 1. The molecule has 7 heteroatoms. The first-order valence-electron chi connectivity index (χ1n) is 8.59. The van der Waals surface area contributed by atoms with Crippen molar-refractivity contribution in [3.63, 3.8) is 0 Å². The molecule has 3 aromatic carbocycles. The smallest absolute Gasteiger partial charge is 0.262 e. The summed E-state index contributed by atoms with van der Waals surface area (Å²) in [4.78, 5) is 15.1. The summed E-state index contributed by atoms with van der Waals surface area (Å²) >= 11 is 6.02. The van der Waals surface area contributed by atoms with E-state index >= 15 is 0 Å². The van der Waals surface area contributed by atoms with E-state index < -0.39 is 16.0 Å². The predicted octanol–water partition coefficient (Wildman–Crippen LogP) is 4.51. The third kappa shape index (κ3) is 3.37. The van der Waals surface area contributed by atoms with Gasteiger partial charge in [0.05, 0.1) is 10.5 Å². The number of nitrogens with one attached hydrogen (secondary N) is 1. The van der Waals surface area contributed by atoms with Gasteiger partial charge in [0.15, 0.2) is 9.84 Å². The number of rotatable bonds is 3. The van der Waals surface area contributed by atoms with E-state index in [9.17, 15) is 13.2 Å². The van der Waals surface area contributed by atoms with Crippen molar-refractivity contribution in [3.05, 3.63) is 88.9 Å². The molecule has 0 aromatic heterocycles. The molecule has 1 aliphatic heterocycles. The van der Waals surface area contributed by atoms with Gasteiger partial charge in [0.25, 0.3) is 5.91 Å². The van der Waals surface area contributed by atoms with Crippen LogP contribution in [0.2, 0.25) is 5.02 Å². The van der Waals surface area contributed by atoms with Crippen LogP contribution < -0.4 is 10.2 Å². The molecule has 28 heavy (non-hydrogen) atoms. The number of anilines is 2. The SMILES string of the molecule is CS(=O)(=O)c1ccc(N2C(=O)c3ccccc3NC2c2ccc(Cl)cc2)cc1. The maximum absolute atomic E-state index is 13.3. The average Bonchev–Trinajstić information content (AvgIpc) is 2.68. The fourth-order valence-corrected chi connectivity index (χ4v) is 4.01. The Balaban J connectivity index is 1.83. The highest BCUT2D eigenvalue weighted by atomic mass is 35.5. The Morgan fingerprint density at radius 3 is 2.21 bits per heavy atom. The van der Waals surface area contributed by atoms with Crippen molar-refractivity contribution < 1.29 is 13.2 Å². The van der Waals surface area contributed by atoms with Gasteiger partial charge in [-0.05, 0) is 54.1 Å². The fraction of sp³-hybridized carbons (Fsp3) is 0.0952. The fourth-order valence-electron chi connectivity index (χ4n) is 3.25. The zero-order valence-corrected chi connectivity index (χ0v) is 16.5. The molecule has 1 aliphatic rings. The van der Waals surface area contributed by atoms with Gasteiger partial charge in [0.1, 0.15) is 6.17 Å². The monoisotopic (exact) mass is 412 g/mol. The number of carbonyl (C=O) groups is 1. The van der Waals surface area contributed by atoms with Crippen LogP contribution >= 0.6 is 11.6 Å². The van der Waals surface area contributed by atoms with Gasteiger partial charge in [-0.15, -0.1) is 0 Å². The van der Waals surface area contributed by atoms with Crippen LogP contribution in [0.1, 0.15) is 22.1 Å². The Kier molecular flexibility index (Phi) is 4.61. The molecule has 1 atom stereocenters. The summed E-state index contributed by atoms with van der Waals surface area (Å²) < 4.78 is 23.5. The molecule has 0 fully saturated rings. The molecule has 1 amide bonds. The van der Waals surface area contributed by atoms with Gasteiger partial charge in [0.2, 0.25) is 0 Å². The minimum atomic E-state index is -3.32. The maximum atomic E-state index is 13.3. The van der Waals surface area contributed by atoms with Crippen LogP contribution in [0.3, 0.4) is 0 Å². The molecule has 0 saturated heterocycles. The van der Waals surface area contributed by atoms with E-state index in [1.54, 1.807) is 35.2 Å². The lowest BCUT2D eigenvalue weighted by molar-refractivity contribution is 0.0975. The predicted molar refractivity (Wildman–Crippen MR) is 111 cm³/mol. The van der Waals surface area contributed by atoms with Crippen LogP contribution in [-0.2, 0) is 9.84 Å². The van der Waals surface area contributed by atoms with Crippen molar-refractivity contribution in [1.29, 1.82) is 0 Å². The highest BCUT2D eigenvalue weighted by Gasteiger charge is 2.34. The topological polar surface area (TPSA) is 66.5 Å². The number of sulfone groups is 1. The highest BCUT2D eigenvalue weighted by molar-refractivity contribution is 7.90. The summed E-state index contributed by atoms with van der Waals surface area (Å²) in [7, 11) is -3.32. The Morgan fingerprint density at radius 2 is 1.57 bits per heavy atom. The van der Waals surface area contributed by atoms with E-state index in [4.69, 9.17) is 11.6 Å². The number of halogens is 1. The van der Waals surface area contributed by atoms with Crippen molar-refractivity contribution >= 4 is 38.7 Å². The van der Waals surface area contributed by atoms with Crippen LogP contribution in [0.15, 0.2) is 77.7 Å². The van der Waals surface area contributed by atoms with Crippen LogP contribution in [-0.4, -0.2) is 20.6 Å². The largest absolute Gasteiger partial charge is 0.360 e. The van der Waals surface area contributed by atoms with Crippen molar-refractivity contribution in [2.75, 3.05) is 16.5 Å². The van der Waals surface area contributed by atoms with Gasteiger partial charge >= 0.3 is 0 Å². The summed E-state index contributed by atoms with van der Waals surface area (Å²) in [5.74, 6) is -0.165. The first kappa shape index (κ1) is 18.5. The summed E-state index contributed by atoms with van der Waals surface area (Å²) in [6.45, 7) is 0. The van der Waals surface area contributed by atoms with Gasteiger partial charge < -0.3 is 5.32 Å². The summed E-state index contributed by atoms with van der Waals surface area (Å²) in [5.41, 5.74) is 2.76. The molecule has 3 aromatic rings. The van der Waals surface area contributed by atoms with Crippen LogP contribution in [0.5, 0.6) is 0 Å². The number of hydrogen-bond acceptors (Lipinski definition) is 4. The van der Waals surface area contributed by atoms with Crippen molar-refractivity contribution in [2.24, 2.45) is 0 Å². The lowest BCUT2D eigenvalue weighted by Crippen LogP contribution is -2.43. The summed E-state index contributed by atoms with van der Waals surface area (Å²) in [6, 6.07) is 20.9. The molecule has 0 aliphatic carbocycles. The minimum absolute atomic E-state index is 0.165. The van der Waals surface area contributed by atoms with E-state index in [0.717, 1.165) is 17.5 Å². The Hall–Kier alpha value is -2.83. The zero-order chi connectivity index (χ0) is 19.9. The van der Waals surface area contributed by atoms with E-state index in [0.29, 0.717) is 16.3 Å². The molecule has 1 heterocycles. The number of nitrogens with zero attached hydrogens (tertiary/aromatic N) is 1. The minimum Gasteiger partial charge on any atom is -0.360 e. The molecule has 142 valence electrons. The second-order valence-corrected chi connectivity index (χ2v) is 9.04. The molecule has 1 N–H and O–H groups in total. The van der Waals surface area contributed by atoms with Crippen LogP contribution in [0, 0.1) is 0 Å². The lowest BCUT2D eigenvalue weighted by Gasteiger charge is -2.38. The molecule has 0 saturated carbocycles. The molecule has 4 rings (SSSR count). The van der Waals surface area contributed by atoms with Gasteiger partial charge in [-0.3, -0.25) is 9.69 Å². The number of benzene rings is 3. The first-order valence-corrected chi connectivity index (χ1v) is 10.9. The molecule has 0 bridgehead atoms. The number of para-hydroxylation sites is 1. The van der Waals surface area contributed by atoms with Crippen LogP contribution in [0.25, 0.3) is 0 Å². The highest BCUT2D eigenvalue weighted by Crippen LogP contribution is 2.37. The first-order chi connectivity index (χ1) is 13.3. The van der Waals surface area contributed by atoms with E-state index in [2.05, 4.69) is 5.32 Å². The maximum Gasteiger partial charge on any atom is 0.262 e. The number of hydrogen-bond donors (Lipinski definition) is 1. The Morgan fingerprint density at radius 1 is 0.929 bits per heavy atom. The van der Waals surface area contributed by atoms with E-state index in [-0.39, 0.29) is 10.8 Å². The molecule has 0 spiro atoms. The van der Waals surface area contributed by atoms with E-state index in [1.807, 2.05) is 30.3 Å². The molecule has 0 radical (unpaired) electrons. The number of carbonyl (C=O) groups excluding carboxylic acids is 1. The van der Waals surface area contributed by atoms with Gasteiger partial charge in [-0.1, -0.05) is 35.9 Å². The second-order valence-electron chi connectivity index (χ2n) is 6.59. The zero-order valence-electron chi connectivity index (χ0n) is 15.0. The van der Waals surface area contributed by atoms with Crippen molar-refractivity contribution in [2.45, 2.75) is 11.1 Å². The Bertz CT molecular complexity index is 1140. The molecule has 1 unspecified atom stereocenters. The molecular formula is C21H17ClN2O3S. The average molecular weight is 413 g/mol. The summed E-state index contributed by atoms with van der Waals surface area (Å²) in [6.07, 6.45) is 0.700. The van der Waals surface area contributed by atoms with Gasteiger partial charge in [-0.25, -0.2) is 8.42 Å². The number of amides is 1. The van der Waals surface area contributed by atoms with Gasteiger partial charge in [-0.2, -0.15) is 0 Å². The third-order valence-electron chi connectivity index (χ3n) is 4.66. The lowest BCUT2D eigenvalue weighted by atomic mass is 10.0. The molecular weight excluding hydrogens is 396 g/mol. The standard InChI is InChI=1S/C21H17ClN2O3S/c1-28(26,27)17-12-10-16(11-13-17)24-20(14-6-8-15(22)9-7-14)23-19-5-3-2-4-18(19)21(24)25/h2-13,20,23H,1H3. The second kappa shape index (κ2) is 6.96. The Labute approximate surface area is 168 Å².